The van der Waals surface area contributed by atoms with Crippen LogP contribution in [-0.4, -0.2) is 33.4 Å². The predicted molar refractivity (Wildman–Crippen MR) is 110 cm³/mol. The van der Waals surface area contributed by atoms with Crippen LogP contribution in [0, 0.1) is 18.3 Å². The molecule has 0 bridgehead atoms. The molecule has 0 radical (unpaired) electrons. The summed E-state index contributed by atoms with van der Waals surface area (Å²) in [7, 11) is 0. The number of anilines is 3. The number of nitriles is 1. The molecule has 0 aromatic carbocycles. The summed E-state index contributed by atoms with van der Waals surface area (Å²) < 4.78 is 9.76. The molecule has 3 rings (SSSR count). The molecule has 0 aliphatic carbocycles. The van der Waals surface area contributed by atoms with E-state index in [0.29, 0.717) is 58.9 Å². The van der Waals surface area contributed by atoms with Gasteiger partial charge < -0.3 is 21.1 Å². The summed E-state index contributed by atoms with van der Waals surface area (Å²) in [5, 5.41) is 15.4. The van der Waals surface area contributed by atoms with E-state index in [1.807, 2.05) is 0 Å². The SMILES string of the molecule is Cc1nsc(Nc2cc(C#N)ccn2)c1C(=O)Nc1cccc(OCCCN)n1. The predicted octanol–water partition coefficient (Wildman–Crippen LogP) is 2.84. The van der Waals surface area contributed by atoms with Crippen LogP contribution in [0.1, 0.15) is 28.0 Å². The number of pyridine rings is 2. The number of aryl methyl sites for hydroxylation is 1. The van der Waals surface area contributed by atoms with Crippen LogP contribution < -0.4 is 21.1 Å². The van der Waals surface area contributed by atoms with Crippen LogP contribution in [0.5, 0.6) is 5.88 Å². The molecule has 0 saturated heterocycles. The van der Waals surface area contributed by atoms with E-state index in [1.165, 1.54) is 6.20 Å². The number of nitrogens with one attached hydrogen (secondary N) is 2. The number of carbonyl (C=O) groups excluding carboxylic acids is 1. The van der Waals surface area contributed by atoms with E-state index in [4.69, 9.17) is 15.7 Å². The van der Waals surface area contributed by atoms with Crippen molar-refractivity contribution in [3.63, 3.8) is 0 Å². The first kappa shape index (κ1) is 20.2. The van der Waals surface area contributed by atoms with Crippen molar-refractivity contribution in [2.24, 2.45) is 5.73 Å². The number of aromatic nitrogens is 3. The molecule has 0 saturated carbocycles. The van der Waals surface area contributed by atoms with Crippen LogP contribution in [0.2, 0.25) is 0 Å². The zero-order valence-corrected chi connectivity index (χ0v) is 16.5. The molecule has 3 heterocycles. The highest BCUT2D eigenvalue weighted by Gasteiger charge is 2.20. The molecule has 0 aliphatic rings. The van der Waals surface area contributed by atoms with Crippen LogP contribution >= 0.6 is 11.5 Å². The van der Waals surface area contributed by atoms with Crippen LogP contribution in [0.25, 0.3) is 0 Å². The van der Waals surface area contributed by atoms with Crippen molar-refractivity contribution < 1.29 is 9.53 Å². The van der Waals surface area contributed by atoms with Crippen molar-refractivity contribution in [2.45, 2.75) is 13.3 Å². The molecule has 3 aromatic rings. The summed E-state index contributed by atoms with van der Waals surface area (Å²) in [4.78, 5) is 21.3. The monoisotopic (exact) mass is 409 g/mol. The van der Waals surface area contributed by atoms with E-state index in [2.05, 4.69) is 31.0 Å². The van der Waals surface area contributed by atoms with Crippen LogP contribution in [0.15, 0.2) is 36.5 Å². The van der Waals surface area contributed by atoms with E-state index >= 15 is 0 Å². The molecular weight excluding hydrogens is 390 g/mol. The van der Waals surface area contributed by atoms with Crippen molar-refractivity contribution in [3.8, 4) is 11.9 Å². The molecule has 3 aromatic heterocycles. The Labute approximate surface area is 171 Å². The van der Waals surface area contributed by atoms with Crippen molar-refractivity contribution in [2.75, 3.05) is 23.8 Å². The largest absolute Gasteiger partial charge is 0.478 e. The maximum Gasteiger partial charge on any atom is 0.261 e. The van der Waals surface area contributed by atoms with Gasteiger partial charge in [0.1, 0.15) is 16.6 Å². The van der Waals surface area contributed by atoms with E-state index in [1.54, 1.807) is 37.3 Å². The van der Waals surface area contributed by atoms with Gasteiger partial charge in [-0.2, -0.15) is 14.6 Å². The fraction of sp³-hybridized carbons (Fsp3) is 0.211. The third-order valence-electron chi connectivity index (χ3n) is 3.78. The van der Waals surface area contributed by atoms with Gasteiger partial charge in [-0.05, 0) is 49.6 Å². The Kier molecular flexibility index (Phi) is 6.67. The molecule has 0 unspecified atom stereocenters. The standard InChI is InChI=1S/C19H19N7O2S/c1-12-17(19(29-26-12)25-15-10-13(11-21)6-8-22-15)18(27)24-14-4-2-5-16(23-14)28-9-3-7-20/h2,4-6,8,10H,3,7,9,20H2,1H3,(H,22,25)(H,23,24,27). The smallest absolute Gasteiger partial charge is 0.261 e. The Morgan fingerprint density at radius 1 is 1.34 bits per heavy atom. The molecule has 0 fully saturated rings. The first-order chi connectivity index (χ1) is 14.1. The summed E-state index contributed by atoms with van der Waals surface area (Å²) in [6.45, 7) is 2.73. The number of rotatable bonds is 8. The summed E-state index contributed by atoms with van der Waals surface area (Å²) in [6.07, 6.45) is 2.24. The molecule has 10 heteroatoms. The lowest BCUT2D eigenvalue weighted by Gasteiger charge is -2.09. The van der Waals surface area contributed by atoms with Crippen molar-refractivity contribution in [3.05, 3.63) is 53.3 Å². The maximum absolute atomic E-state index is 12.8. The number of amides is 1. The van der Waals surface area contributed by atoms with Crippen LogP contribution in [0.3, 0.4) is 0 Å². The number of hydrogen-bond donors (Lipinski definition) is 3. The van der Waals surface area contributed by atoms with Gasteiger partial charge in [-0.1, -0.05) is 6.07 Å². The molecule has 9 nitrogen and oxygen atoms in total. The molecular formula is C19H19N7O2S. The molecule has 4 N–H and O–H groups in total. The zero-order valence-electron chi connectivity index (χ0n) is 15.7. The number of ether oxygens (including phenoxy) is 1. The third-order valence-corrected chi connectivity index (χ3v) is 4.64. The van der Waals surface area contributed by atoms with Gasteiger partial charge in [0.05, 0.1) is 29.5 Å². The highest BCUT2D eigenvalue weighted by molar-refractivity contribution is 7.10. The number of carbonyl (C=O) groups is 1. The fourth-order valence-corrected chi connectivity index (χ4v) is 3.21. The molecule has 148 valence electrons. The Morgan fingerprint density at radius 2 is 2.21 bits per heavy atom. The summed E-state index contributed by atoms with van der Waals surface area (Å²) in [5.74, 6) is 0.866. The minimum Gasteiger partial charge on any atom is -0.478 e. The molecule has 0 spiro atoms. The molecule has 0 atom stereocenters. The lowest BCUT2D eigenvalue weighted by Crippen LogP contribution is -2.15. The van der Waals surface area contributed by atoms with Gasteiger partial charge in [-0.25, -0.2) is 4.98 Å². The second kappa shape index (κ2) is 9.59. The van der Waals surface area contributed by atoms with Gasteiger partial charge in [0, 0.05) is 12.3 Å². The lowest BCUT2D eigenvalue weighted by atomic mass is 10.2. The van der Waals surface area contributed by atoms with Crippen molar-refractivity contribution >= 4 is 34.1 Å². The first-order valence-corrected chi connectivity index (χ1v) is 9.58. The van der Waals surface area contributed by atoms with E-state index < -0.39 is 0 Å². The molecule has 0 aliphatic heterocycles. The summed E-state index contributed by atoms with van der Waals surface area (Å²) in [5.41, 5.74) is 6.87. The topological polar surface area (TPSA) is 139 Å². The molecule has 1 amide bonds. The summed E-state index contributed by atoms with van der Waals surface area (Å²) >= 11 is 1.14. The van der Waals surface area contributed by atoms with Gasteiger partial charge in [0.25, 0.3) is 5.91 Å². The Hall–Kier alpha value is -3.55. The van der Waals surface area contributed by atoms with Gasteiger partial charge in [0.2, 0.25) is 5.88 Å². The number of nitrogens with two attached hydrogens (primary N) is 1. The Morgan fingerprint density at radius 3 is 3.00 bits per heavy atom. The Bertz CT molecular complexity index is 1050. The van der Waals surface area contributed by atoms with Crippen LogP contribution in [0.4, 0.5) is 16.6 Å². The van der Waals surface area contributed by atoms with E-state index in [-0.39, 0.29) is 5.91 Å². The van der Waals surface area contributed by atoms with Crippen LogP contribution in [-0.2, 0) is 0 Å². The fourth-order valence-electron chi connectivity index (χ4n) is 2.41. The lowest BCUT2D eigenvalue weighted by molar-refractivity contribution is 0.102. The first-order valence-electron chi connectivity index (χ1n) is 8.81. The van der Waals surface area contributed by atoms with Crippen molar-refractivity contribution in [1.82, 2.24) is 14.3 Å². The van der Waals surface area contributed by atoms with Crippen molar-refractivity contribution in [1.29, 1.82) is 5.26 Å². The normalized spacial score (nSPS) is 10.2. The highest BCUT2D eigenvalue weighted by Crippen LogP contribution is 2.28. The maximum atomic E-state index is 12.8. The highest BCUT2D eigenvalue weighted by atomic mass is 32.1. The van der Waals surface area contributed by atoms with Gasteiger partial charge in [-0.15, -0.1) is 0 Å². The second-order valence-corrected chi connectivity index (χ2v) is 6.72. The molecule has 29 heavy (non-hydrogen) atoms. The third kappa shape index (κ3) is 5.25. The van der Waals surface area contributed by atoms with Gasteiger partial charge in [0.15, 0.2) is 0 Å². The van der Waals surface area contributed by atoms with E-state index in [9.17, 15) is 4.79 Å². The zero-order chi connectivity index (χ0) is 20.6. The van der Waals surface area contributed by atoms with E-state index in [0.717, 1.165) is 11.5 Å². The number of hydrogen-bond acceptors (Lipinski definition) is 9. The second-order valence-electron chi connectivity index (χ2n) is 5.94. The summed E-state index contributed by atoms with van der Waals surface area (Å²) in [6, 6.07) is 10.4. The van der Waals surface area contributed by atoms with Gasteiger partial charge in [-0.3, -0.25) is 4.79 Å². The Balaban J connectivity index is 1.75. The quantitative estimate of drug-likeness (QED) is 0.483. The average Bonchev–Trinajstić information content (AvgIpc) is 3.08. The minimum absolute atomic E-state index is 0.359. The van der Waals surface area contributed by atoms with Gasteiger partial charge >= 0.3 is 0 Å². The minimum atomic E-state index is -0.359. The average molecular weight is 409 g/mol. The number of nitrogens with zero attached hydrogens (tertiary/aromatic N) is 4.